The first kappa shape index (κ1) is 17.9. The van der Waals surface area contributed by atoms with Crippen LogP contribution in [0.4, 0.5) is 14.5 Å². The Balaban J connectivity index is 2.75. The first-order chi connectivity index (χ1) is 11.3. The number of aromatic carboxylic acids is 1. The fourth-order valence-electron chi connectivity index (χ4n) is 1.87. The number of ether oxygens (including phenoxy) is 1. The lowest BCUT2D eigenvalue weighted by Gasteiger charge is -2.17. The third-order valence-corrected chi connectivity index (χ3v) is 4.49. The van der Waals surface area contributed by atoms with Crippen LogP contribution in [-0.2, 0) is 3.93 Å². The number of nitrogens with zero attached hydrogens (tertiary/aromatic N) is 1. The van der Waals surface area contributed by atoms with Crippen LogP contribution in [-0.4, -0.2) is 20.5 Å². The van der Waals surface area contributed by atoms with E-state index in [4.69, 9.17) is 9.84 Å². The predicted octanol–water partition coefficient (Wildman–Crippen LogP) is 4.54. The molecule has 9 heteroatoms. The van der Waals surface area contributed by atoms with Crippen LogP contribution in [0.2, 0.25) is 0 Å². The van der Waals surface area contributed by atoms with Gasteiger partial charge in [0.1, 0.15) is 5.75 Å². The quantitative estimate of drug-likeness (QED) is 0.303. The predicted molar refractivity (Wildman–Crippen MR) is 91.6 cm³/mol. The molecular formula is C15H10F2INO5. The average Bonchev–Trinajstić information content (AvgIpc) is 2.55. The van der Waals surface area contributed by atoms with Crippen molar-refractivity contribution in [3.05, 3.63) is 63.7 Å². The zero-order valence-electron chi connectivity index (χ0n) is 11.9. The number of hydrogen-bond donors (Lipinski definition) is 1. The van der Waals surface area contributed by atoms with Gasteiger partial charge in [-0.25, -0.2) is 4.79 Å². The second kappa shape index (κ2) is 6.99. The Morgan fingerprint density at radius 2 is 1.92 bits per heavy atom. The Morgan fingerprint density at radius 3 is 2.42 bits per heavy atom. The molecular weight excluding hydrogens is 439 g/mol. The standard InChI is InChI=1S/C15H10F2INO5/c1-18-15(16,17)11-7-9(14(20)21)8-12(19(22)23)13(11)24-10-5-3-2-4-6-10/h2-8H,1H2,(H,20,21). The highest BCUT2D eigenvalue weighted by Gasteiger charge is 2.38. The zero-order chi connectivity index (χ0) is 17.9. The van der Waals surface area contributed by atoms with E-state index in [2.05, 4.69) is 4.51 Å². The van der Waals surface area contributed by atoms with Crippen LogP contribution in [0.1, 0.15) is 15.9 Å². The van der Waals surface area contributed by atoms with Gasteiger partial charge in [0.15, 0.2) is 0 Å². The van der Waals surface area contributed by atoms with Gasteiger partial charge in [-0.05, 0) is 38.9 Å². The molecule has 0 atom stereocenters. The molecule has 2 rings (SSSR count). The third-order valence-electron chi connectivity index (χ3n) is 2.95. The largest absolute Gasteiger partial charge is 0.478 e. The van der Waals surface area contributed by atoms with Crippen molar-refractivity contribution in [1.82, 2.24) is 0 Å². The van der Waals surface area contributed by atoms with Crippen molar-refractivity contribution < 1.29 is 28.3 Å². The molecule has 0 amide bonds. The summed E-state index contributed by atoms with van der Waals surface area (Å²) >= 11 is -1.95. The van der Waals surface area contributed by atoms with E-state index in [0.29, 0.717) is 12.1 Å². The lowest BCUT2D eigenvalue weighted by Crippen LogP contribution is -2.11. The lowest BCUT2D eigenvalue weighted by molar-refractivity contribution is -0.385. The maximum atomic E-state index is 14.2. The van der Waals surface area contributed by atoms with Gasteiger partial charge in [-0.1, -0.05) is 22.7 Å². The molecule has 0 fully saturated rings. The molecule has 0 aliphatic heterocycles. The van der Waals surface area contributed by atoms with E-state index < -0.39 is 58.1 Å². The molecule has 0 aliphatic rings. The number of nitro benzene ring substituents is 1. The molecule has 0 bridgehead atoms. The molecule has 0 radical (unpaired) electrons. The van der Waals surface area contributed by atoms with Gasteiger partial charge < -0.3 is 9.84 Å². The summed E-state index contributed by atoms with van der Waals surface area (Å²) in [5, 5.41) is 20.3. The van der Waals surface area contributed by atoms with E-state index in [1.54, 1.807) is 18.2 Å². The smallest absolute Gasteiger partial charge is 0.335 e. The van der Waals surface area contributed by atoms with E-state index in [0.717, 1.165) is 0 Å². The van der Waals surface area contributed by atoms with Crippen LogP contribution in [0.15, 0.2) is 42.5 Å². The minimum absolute atomic E-state index is 0.114. The summed E-state index contributed by atoms with van der Waals surface area (Å²) in [4.78, 5) is 21.4. The number of carbonyl (C=O) groups is 1. The lowest BCUT2D eigenvalue weighted by atomic mass is 10.1. The number of hydrogen-bond acceptors (Lipinski definition) is 4. The van der Waals surface area contributed by atoms with E-state index in [1.807, 2.05) is 0 Å². The summed E-state index contributed by atoms with van der Waals surface area (Å²) in [5.41, 5.74) is -2.30. The van der Waals surface area contributed by atoms with Crippen molar-refractivity contribution >= 4 is 36.9 Å². The second-order valence-electron chi connectivity index (χ2n) is 4.48. The van der Waals surface area contributed by atoms with Crippen molar-refractivity contribution in [2.45, 2.75) is 3.93 Å². The normalized spacial score (nSPS) is 11.1. The molecule has 0 aliphatic carbocycles. The summed E-state index contributed by atoms with van der Waals surface area (Å²) in [6.07, 6.45) is 0. The number of benzene rings is 2. The Morgan fingerprint density at radius 1 is 1.29 bits per heavy atom. The van der Waals surface area contributed by atoms with E-state index in [9.17, 15) is 23.7 Å². The van der Waals surface area contributed by atoms with Gasteiger partial charge in [-0.2, -0.15) is 8.78 Å². The van der Waals surface area contributed by atoms with Crippen LogP contribution >= 0.6 is 20.7 Å². The molecule has 126 valence electrons. The van der Waals surface area contributed by atoms with Crippen LogP contribution in [0.25, 0.3) is 0 Å². The molecule has 1 N–H and O–H groups in total. The summed E-state index contributed by atoms with van der Waals surface area (Å²) < 4.78 is 33.5. The van der Waals surface area contributed by atoms with E-state index >= 15 is 0 Å². The van der Waals surface area contributed by atoms with E-state index in [1.165, 1.54) is 12.1 Å². The molecule has 2 aromatic carbocycles. The van der Waals surface area contributed by atoms with Gasteiger partial charge in [0.25, 0.3) is 0 Å². The molecule has 6 nitrogen and oxygen atoms in total. The number of nitro groups is 1. The highest BCUT2D eigenvalue weighted by Crippen LogP contribution is 2.48. The van der Waals surface area contributed by atoms with Crippen molar-refractivity contribution in [3.63, 3.8) is 0 Å². The number of carboxylic acid groups (broad SMARTS) is 1. The number of rotatable bonds is 6. The van der Waals surface area contributed by atoms with Crippen LogP contribution < -0.4 is 4.74 Å². The van der Waals surface area contributed by atoms with Crippen molar-refractivity contribution in [3.8, 4) is 11.5 Å². The van der Waals surface area contributed by atoms with Crippen molar-refractivity contribution in [2.24, 2.45) is 0 Å². The number of halogens is 3. The number of carboxylic acids is 1. The van der Waals surface area contributed by atoms with Gasteiger partial charge in [0.05, 0.1) is 16.1 Å². The highest BCUT2D eigenvalue weighted by molar-refractivity contribution is 14.2. The number of alkyl halides is 3. The van der Waals surface area contributed by atoms with Gasteiger partial charge in [-0.3, -0.25) is 10.1 Å². The summed E-state index contributed by atoms with van der Waals surface area (Å²) in [5.74, 6) is -2.11. The molecule has 0 heterocycles. The SMILES string of the molecule is C=IC(F)(F)c1cc(C(=O)O)cc([N+](=O)[O-])c1Oc1ccccc1. The molecule has 2 aromatic rings. The van der Waals surface area contributed by atoms with E-state index in [-0.39, 0.29) is 5.75 Å². The molecule has 0 spiro atoms. The summed E-state index contributed by atoms with van der Waals surface area (Å²) in [6, 6.07) is 9.07. The fraction of sp³-hybridized carbons (Fsp3) is 0.0667. The summed E-state index contributed by atoms with van der Waals surface area (Å²) in [6.45, 7) is 0. The first-order valence-corrected chi connectivity index (χ1v) is 8.93. The van der Waals surface area contributed by atoms with Crippen LogP contribution in [0.3, 0.4) is 0 Å². The molecule has 24 heavy (non-hydrogen) atoms. The highest BCUT2D eigenvalue weighted by atomic mass is 127. The maximum absolute atomic E-state index is 14.2. The topological polar surface area (TPSA) is 89.7 Å². The summed E-state index contributed by atoms with van der Waals surface area (Å²) in [7, 11) is 0. The zero-order valence-corrected chi connectivity index (χ0v) is 14.1. The Hall–Kier alpha value is -2.43. The van der Waals surface area contributed by atoms with Gasteiger partial charge in [-0.15, -0.1) is 0 Å². The number of para-hydroxylation sites is 1. The van der Waals surface area contributed by atoms with Crippen molar-refractivity contribution in [1.29, 1.82) is 0 Å². The Labute approximate surface area is 144 Å². The maximum Gasteiger partial charge on any atom is 0.335 e. The minimum Gasteiger partial charge on any atom is -0.478 e. The second-order valence-corrected chi connectivity index (χ2v) is 6.60. The Bertz CT molecular complexity index is 811. The van der Waals surface area contributed by atoms with Crippen LogP contribution in [0, 0.1) is 10.1 Å². The Kier molecular flexibility index (Phi) is 5.22. The molecule has 0 unspecified atom stereocenters. The van der Waals surface area contributed by atoms with Gasteiger partial charge in [0, 0.05) is 6.07 Å². The van der Waals surface area contributed by atoms with Gasteiger partial charge >= 0.3 is 15.6 Å². The molecule has 0 aromatic heterocycles. The van der Waals surface area contributed by atoms with Crippen molar-refractivity contribution in [2.75, 3.05) is 0 Å². The van der Waals surface area contributed by atoms with Crippen LogP contribution in [0.5, 0.6) is 11.5 Å². The average molecular weight is 449 g/mol. The molecule has 0 saturated carbocycles. The third kappa shape index (κ3) is 3.72. The van der Waals surface area contributed by atoms with Gasteiger partial charge in [0.2, 0.25) is 5.75 Å². The molecule has 0 saturated heterocycles. The minimum atomic E-state index is -3.49. The monoisotopic (exact) mass is 449 g/mol. The fourth-order valence-corrected chi connectivity index (χ4v) is 2.68. The first-order valence-electron chi connectivity index (χ1n) is 6.32.